The molecule has 0 bridgehead atoms. The van der Waals surface area contributed by atoms with Crippen molar-refractivity contribution in [1.29, 1.82) is 0 Å². The Hall–Kier alpha value is -2.67. The Morgan fingerprint density at radius 1 is 1.07 bits per heavy atom. The second-order valence-corrected chi connectivity index (χ2v) is 7.49. The summed E-state index contributed by atoms with van der Waals surface area (Å²) in [6, 6.07) is 10.3. The molecule has 2 heterocycles. The molecule has 0 unspecified atom stereocenters. The zero-order valence-corrected chi connectivity index (χ0v) is 17.5. The van der Waals surface area contributed by atoms with Gasteiger partial charge in [0.1, 0.15) is 0 Å². The maximum absolute atomic E-state index is 12.3. The van der Waals surface area contributed by atoms with E-state index in [2.05, 4.69) is 56.3 Å². The van der Waals surface area contributed by atoms with Crippen LogP contribution >= 0.6 is 0 Å². The van der Waals surface area contributed by atoms with Gasteiger partial charge in [0.15, 0.2) is 0 Å². The molecule has 29 heavy (non-hydrogen) atoms. The van der Waals surface area contributed by atoms with E-state index in [4.69, 9.17) is 0 Å². The van der Waals surface area contributed by atoms with Gasteiger partial charge in [0.05, 0.1) is 0 Å². The zero-order chi connectivity index (χ0) is 20.5. The van der Waals surface area contributed by atoms with Crippen LogP contribution in [-0.4, -0.2) is 72.1 Å². The lowest BCUT2D eigenvalue weighted by molar-refractivity contribution is 0.205. The number of rotatable bonds is 8. The minimum atomic E-state index is -0.0180. The molecule has 156 valence electrons. The molecule has 1 N–H and O–H groups in total. The molecular weight excluding hydrogens is 364 g/mol. The third-order valence-electron chi connectivity index (χ3n) is 5.33. The summed E-state index contributed by atoms with van der Waals surface area (Å²) in [6.07, 6.45) is 5.56. The largest absolute Gasteiger partial charge is 0.338 e. The molecule has 2 aromatic rings. The van der Waals surface area contributed by atoms with Crippen LogP contribution in [0.3, 0.4) is 0 Å². The highest BCUT2D eigenvalue weighted by molar-refractivity contribution is 5.73. The van der Waals surface area contributed by atoms with Gasteiger partial charge in [-0.1, -0.05) is 31.2 Å². The van der Waals surface area contributed by atoms with Crippen LogP contribution in [0, 0.1) is 0 Å². The first-order valence-electron chi connectivity index (χ1n) is 10.5. The Labute approximate surface area is 173 Å². The summed E-state index contributed by atoms with van der Waals surface area (Å²) in [5, 5.41) is 3.03. The van der Waals surface area contributed by atoms with Gasteiger partial charge in [-0.25, -0.2) is 14.8 Å². The van der Waals surface area contributed by atoms with Crippen molar-refractivity contribution in [2.75, 3.05) is 51.2 Å². The molecule has 1 aromatic heterocycles. The normalized spacial score (nSPS) is 14.6. The van der Waals surface area contributed by atoms with E-state index in [1.165, 1.54) is 5.56 Å². The molecule has 1 fully saturated rings. The van der Waals surface area contributed by atoms with Gasteiger partial charge < -0.3 is 15.1 Å². The predicted molar refractivity (Wildman–Crippen MR) is 116 cm³/mol. The van der Waals surface area contributed by atoms with Crippen molar-refractivity contribution in [3.63, 3.8) is 0 Å². The molecule has 0 saturated carbocycles. The van der Waals surface area contributed by atoms with Gasteiger partial charge in [-0.2, -0.15) is 0 Å². The zero-order valence-electron chi connectivity index (χ0n) is 17.5. The average molecular weight is 397 g/mol. The fourth-order valence-corrected chi connectivity index (χ4v) is 3.48. The summed E-state index contributed by atoms with van der Waals surface area (Å²) >= 11 is 0. The van der Waals surface area contributed by atoms with E-state index in [1.807, 2.05) is 13.1 Å². The third kappa shape index (κ3) is 6.42. The average Bonchev–Trinajstić information content (AvgIpc) is 2.78. The lowest BCUT2D eigenvalue weighted by Gasteiger charge is -2.34. The Morgan fingerprint density at radius 3 is 2.38 bits per heavy atom. The quantitative estimate of drug-likeness (QED) is 0.694. The van der Waals surface area contributed by atoms with Crippen LogP contribution < -0.4 is 10.2 Å². The predicted octanol–water partition coefficient (Wildman–Crippen LogP) is 2.39. The maximum atomic E-state index is 12.3. The Bertz CT molecular complexity index is 744. The summed E-state index contributed by atoms with van der Waals surface area (Å²) in [4.78, 5) is 27.3. The molecule has 0 aliphatic carbocycles. The van der Waals surface area contributed by atoms with Crippen LogP contribution in [0.2, 0.25) is 0 Å². The van der Waals surface area contributed by atoms with Crippen molar-refractivity contribution in [2.24, 2.45) is 0 Å². The lowest BCUT2D eigenvalue weighted by Crippen LogP contribution is -2.47. The number of carbonyl (C=O) groups excluding carboxylic acids is 1. The number of benzene rings is 1. The van der Waals surface area contributed by atoms with E-state index in [9.17, 15) is 4.79 Å². The Morgan fingerprint density at radius 2 is 1.72 bits per heavy atom. The van der Waals surface area contributed by atoms with Gasteiger partial charge in [0.2, 0.25) is 5.95 Å². The molecule has 7 nitrogen and oxygen atoms in total. The first-order valence-corrected chi connectivity index (χ1v) is 10.5. The smallest absolute Gasteiger partial charge is 0.317 e. The minimum absolute atomic E-state index is 0.0180. The van der Waals surface area contributed by atoms with Crippen LogP contribution in [0.25, 0.3) is 0 Å². The molecule has 0 spiro atoms. The number of piperazine rings is 1. The highest BCUT2D eigenvalue weighted by Crippen LogP contribution is 2.10. The van der Waals surface area contributed by atoms with Gasteiger partial charge in [-0.15, -0.1) is 0 Å². The number of aromatic nitrogens is 2. The number of hydrogen-bond donors (Lipinski definition) is 1. The molecule has 0 radical (unpaired) electrons. The van der Waals surface area contributed by atoms with Crippen molar-refractivity contribution >= 4 is 12.0 Å². The number of nitrogens with zero attached hydrogens (tertiary/aromatic N) is 5. The summed E-state index contributed by atoms with van der Waals surface area (Å²) in [5.74, 6) is 0.812. The molecule has 0 atom stereocenters. The second kappa shape index (κ2) is 10.8. The van der Waals surface area contributed by atoms with E-state index in [-0.39, 0.29) is 6.03 Å². The SMILES string of the molecule is CCc1ccc(CN(C)C(=O)NCCCN2CCN(c3ncccn3)CC2)cc1. The van der Waals surface area contributed by atoms with Crippen molar-refractivity contribution in [3.05, 3.63) is 53.9 Å². The van der Waals surface area contributed by atoms with Crippen molar-refractivity contribution in [1.82, 2.24) is 25.1 Å². The van der Waals surface area contributed by atoms with Gasteiger partial charge >= 0.3 is 6.03 Å². The van der Waals surface area contributed by atoms with Crippen LogP contribution in [0.15, 0.2) is 42.7 Å². The van der Waals surface area contributed by atoms with Gasteiger partial charge in [-0.05, 0) is 36.6 Å². The van der Waals surface area contributed by atoms with Crippen molar-refractivity contribution in [2.45, 2.75) is 26.3 Å². The number of amides is 2. The molecule has 2 amide bonds. The number of nitrogens with one attached hydrogen (secondary N) is 1. The molecule has 1 aromatic carbocycles. The van der Waals surface area contributed by atoms with Crippen LogP contribution in [0.1, 0.15) is 24.5 Å². The number of carbonyl (C=O) groups is 1. The standard InChI is InChI=1S/C22H32N6O/c1-3-19-6-8-20(9-7-19)18-26(2)22(29)25-12-5-13-27-14-16-28(17-15-27)21-23-10-4-11-24-21/h4,6-11H,3,5,12-18H2,1-2H3,(H,25,29). The topological polar surface area (TPSA) is 64.6 Å². The highest BCUT2D eigenvalue weighted by Gasteiger charge is 2.18. The summed E-state index contributed by atoms with van der Waals surface area (Å²) in [7, 11) is 1.84. The second-order valence-electron chi connectivity index (χ2n) is 7.49. The van der Waals surface area contributed by atoms with Gasteiger partial charge in [0, 0.05) is 58.7 Å². The Balaban J connectivity index is 1.30. The first-order chi connectivity index (χ1) is 14.2. The number of hydrogen-bond acceptors (Lipinski definition) is 5. The molecule has 1 aliphatic heterocycles. The van der Waals surface area contributed by atoms with E-state index in [1.54, 1.807) is 17.3 Å². The van der Waals surface area contributed by atoms with Gasteiger partial charge in [-0.3, -0.25) is 4.90 Å². The van der Waals surface area contributed by atoms with Crippen LogP contribution in [-0.2, 0) is 13.0 Å². The van der Waals surface area contributed by atoms with Crippen molar-refractivity contribution in [3.8, 4) is 0 Å². The summed E-state index contributed by atoms with van der Waals surface area (Å²) in [6.45, 7) is 8.34. The lowest BCUT2D eigenvalue weighted by atomic mass is 10.1. The van der Waals surface area contributed by atoms with Gasteiger partial charge in [0.25, 0.3) is 0 Å². The summed E-state index contributed by atoms with van der Waals surface area (Å²) < 4.78 is 0. The monoisotopic (exact) mass is 396 g/mol. The maximum Gasteiger partial charge on any atom is 0.317 e. The number of anilines is 1. The van der Waals surface area contributed by atoms with Crippen molar-refractivity contribution < 1.29 is 4.79 Å². The number of aryl methyl sites for hydroxylation is 1. The van der Waals surface area contributed by atoms with Crippen LogP contribution in [0.5, 0.6) is 0 Å². The third-order valence-corrected chi connectivity index (χ3v) is 5.33. The molecule has 3 rings (SSSR count). The minimum Gasteiger partial charge on any atom is -0.338 e. The van der Waals surface area contributed by atoms with E-state index >= 15 is 0 Å². The first kappa shape index (κ1) is 21.0. The number of urea groups is 1. The molecule has 1 saturated heterocycles. The molecular formula is C22H32N6O. The van der Waals surface area contributed by atoms with E-state index in [0.29, 0.717) is 13.1 Å². The molecule has 7 heteroatoms. The van der Waals surface area contributed by atoms with Crippen LogP contribution in [0.4, 0.5) is 10.7 Å². The van der Waals surface area contributed by atoms with E-state index in [0.717, 1.165) is 57.1 Å². The Kier molecular flexibility index (Phi) is 7.81. The fraction of sp³-hybridized carbons (Fsp3) is 0.500. The molecule has 1 aliphatic rings. The van der Waals surface area contributed by atoms with E-state index < -0.39 is 0 Å². The fourth-order valence-electron chi connectivity index (χ4n) is 3.48. The highest BCUT2D eigenvalue weighted by atomic mass is 16.2. The summed E-state index contributed by atoms with van der Waals surface area (Å²) in [5.41, 5.74) is 2.47.